The Kier molecular flexibility index (Phi) is 4.67. The van der Waals surface area contributed by atoms with Gasteiger partial charge < -0.3 is 5.32 Å². The van der Waals surface area contributed by atoms with Crippen molar-refractivity contribution in [3.8, 4) is 0 Å². The number of aromatic nitrogens is 2. The van der Waals surface area contributed by atoms with Gasteiger partial charge in [0.05, 0.1) is 16.9 Å². The monoisotopic (exact) mass is 333 g/mol. The van der Waals surface area contributed by atoms with Crippen LogP contribution in [0.25, 0.3) is 0 Å². The van der Waals surface area contributed by atoms with E-state index in [9.17, 15) is 26.7 Å². The van der Waals surface area contributed by atoms with E-state index < -0.39 is 42.0 Å². The lowest BCUT2D eigenvalue weighted by Gasteiger charge is -2.14. The molecule has 1 aromatic heterocycles. The molecule has 0 spiro atoms. The Bertz CT molecular complexity index is 709. The number of benzene rings is 1. The van der Waals surface area contributed by atoms with E-state index in [-0.39, 0.29) is 5.69 Å². The van der Waals surface area contributed by atoms with E-state index in [4.69, 9.17) is 0 Å². The molecule has 1 N–H and O–H groups in total. The molecular formula is C14H12F5N3O. The Morgan fingerprint density at radius 1 is 1.30 bits per heavy atom. The number of carbonyl (C=O) groups is 1. The van der Waals surface area contributed by atoms with Gasteiger partial charge in [0.15, 0.2) is 0 Å². The molecule has 0 radical (unpaired) electrons. The van der Waals surface area contributed by atoms with Crippen LogP contribution in [0.1, 0.15) is 23.4 Å². The van der Waals surface area contributed by atoms with Crippen LogP contribution in [0.2, 0.25) is 0 Å². The van der Waals surface area contributed by atoms with E-state index in [0.717, 1.165) is 22.9 Å². The minimum absolute atomic E-state index is 0.281. The highest BCUT2D eigenvalue weighted by Gasteiger charge is 2.33. The van der Waals surface area contributed by atoms with Crippen molar-refractivity contribution in [2.45, 2.75) is 26.1 Å². The molecule has 23 heavy (non-hydrogen) atoms. The lowest BCUT2D eigenvalue weighted by molar-refractivity contribution is -0.137. The van der Waals surface area contributed by atoms with Crippen molar-refractivity contribution in [2.24, 2.45) is 0 Å². The standard InChI is InChI=1S/C14H12F5N3O/c1-8-6-11(13(15)16)22(21-8)7-12(23)20-10-5-3-2-4-9(10)14(17,18)19/h2-6,13H,7H2,1H3,(H,20,23). The van der Waals surface area contributed by atoms with Gasteiger partial charge in [-0.15, -0.1) is 0 Å². The molecular weight excluding hydrogens is 321 g/mol. The molecule has 0 bridgehead atoms. The van der Waals surface area contributed by atoms with Crippen molar-refractivity contribution < 1.29 is 26.7 Å². The zero-order valence-electron chi connectivity index (χ0n) is 11.9. The Balaban J connectivity index is 2.18. The van der Waals surface area contributed by atoms with Crippen LogP contribution in [-0.4, -0.2) is 15.7 Å². The van der Waals surface area contributed by atoms with Gasteiger partial charge in [0, 0.05) is 0 Å². The van der Waals surface area contributed by atoms with Gasteiger partial charge >= 0.3 is 6.18 Å². The second-order valence-electron chi connectivity index (χ2n) is 4.76. The molecule has 0 aliphatic rings. The number of nitrogens with zero attached hydrogens (tertiary/aromatic N) is 2. The van der Waals surface area contributed by atoms with Crippen LogP contribution < -0.4 is 5.32 Å². The number of rotatable bonds is 4. The van der Waals surface area contributed by atoms with E-state index in [1.54, 1.807) is 0 Å². The van der Waals surface area contributed by atoms with E-state index in [1.807, 2.05) is 0 Å². The third-order valence-corrected chi connectivity index (χ3v) is 2.96. The summed E-state index contributed by atoms with van der Waals surface area (Å²) in [6.45, 7) is 0.860. The number of anilines is 1. The highest BCUT2D eigenvalue weighted by atomic mass is 19.4. The van der Waals surface area contributed by atoms with Crippen LogP contribution in [0.5, 0.6) is 0 Å². The minimum atomic E-state index is -4.64. The first kappa shape index (κ1) is 16.9. The second-order valence-corrected chi connectivity index (χ2v) is 4.76. The van der Waals surface area contributed by atoms with Crippen molar-refractivity contribution in [3.05, 3.63) is 47.3 Å². The quantitative estimate of drug-likeness (QED) is 0.866. The molecule has 1 heterocycles. The highest BCUT2D eigenvalue weighted by molar-refractivity contribution is 5.91. The Morgan fingerprint density at radius 2 is 1.96 bits per heavy atom. The van der Waals surface area contributed by atoms with Gasteiger partial charge in [0.25, 0.3) is 6.43 Å². The van der Waals surface area contributed by atoms with Crippen LogP contribution in [0.4, 0.5) is 27.6 Å². The molecule has 2 rings (SSSR count). The molecule has 1 aromatic carbocycles. The van der Waals surface area contributed by atoms with E-state index in [1.165, 1.54) is 19.1 Å². The maximum Gasteiger partial charge on any atom is 0.418 e. The Labute approximate surface area is 127 Å². The summed E-state index contributed by atoms with van der Waals surface area (Å²) in [6, 6.07) is 5.53. The molecule has 0 aliphatic heterocycles. The summed E-state index contributed by atoms with van der Waals surface area (Å²) < 4.78 is 64.9. The first-order chi connectivity index (χ1) is 10.7. The zero-order valence-corrected chi connectivity index (χ0v) is 11.9. The van der Waals surface area contributed by atoms with Crippen molar-refractivity contribution >= 4 is 11.6 Å². The number of halogens is 5. The van der Waals surface area contributed by atoms with Gasteiger partial charge in [-0.3, -0.25) is 9.48 Å². The van der Waals surface area contributed by atoms with Gasteiger partial charge in [-0.2, -0.15) is 18.3 Å². The number of aryl methyl sites for hydroxylation is 1. The first-order valence-corrected chi connectivity index (χ1v) is 6.47. The van der Waals surface area contributed by atoms with Crippen LogP contribution in [-0.2, 0) is 17.5 Å². The number of alkyl halides is 5. The number of para-hydroxylation sites is 1. The first-order valence-electron chi connectivity index (χ1n) is 6.47. The third kappa shape index (κ3) is 4.05. The third-order valence-electron chi connectivity index (χ3n) is 2.96. The summed E-state index contributed by atoms with van der Waals surface area (Å²) in [5.41, 5.74) is -1.64. The van der Waals surface area contributed by atoms with Gasteiger partial charge in [0.1, 0.15) is 12.2 Å². The number of hydrogen-bond acceptors (Lipinski definition) is 2. The van der Waals surface area contributed by atoms with Crippen molar-refractivity contribution in [2.75, 3.05) is 5.32 Å². The van der Waals surface area contributed by atoms with Gasteiger partial charge in [-0.1, -0.05) is 12.1 Å². The summed E-state index contributed by atoms with van der Waals surface area (Å²) in [6.07, 6.45) is -7.48. The molecule has 0 aliphatic carbocycles. The average Bonchev–Trinajstić information content (AvgIpc) is 2.79. The molecule has 124 valence electrons. The van der Waals surface area contributed by atoms with Gasteiger partial charge in [0.2, 0.25) is 5.91 Å². The summed E-state index contributed by atoms with van der Waals surface area (Å²) in [5, 5.41) is 5.81. The predicted molar refractivity (Wildman–Crippen MR) is 72.0 cm³/mol. The van der Waals surface area contributed by atoms with Crippen molar-refractivity contribution in [1.29, 1.82) is 0 Å². The molecule has 1 amide bonds. The van der Waals surface area contributed by atoms with E-state index in [0.29, 0.717) is 0 Å². The second kappa shape index (κ2) is 6.35. The van der Waals surface area contributed by atoms with E-state index in [2.05, 4.69) is 10.4 Å². The lowest BCUT2D eigenvalue weighted by atomic mass is 10.1. The summed E-state index contributed by atoms with van der Waals surface area (Å²) >= 11 is 0. The molecule has 9 heteroatoms. The van der Waals surface area contributed by atoms with Crippen LogP contribution >= 0.6 is 0 Å². The topological polar surface area (TPSA) is 46.9 Å². The number of hydrogen-bond donors (Lipinski definition) is 1. The maximum absolute atomic E-state index is 12.8. The Morgan fingerprint density at radius 3 is 2.57 bits per heavy atom. The summed E-state index contributed by atoms with van der Waals surface area (Å²) in [5.74, 6) is -0.883. The maximum atomic E-state index is 12.8. The minimum Gasteiger partial charge on any atom is -0.324 e. The molecule has 0 fully saturated rings. The van der Waals surface area contributed by atoms with Gasteiger partial charge in [-0.25, -0.2) is 8.78 Å². The molecule has 0 saturated heterocycles. The van der Waals surface area contributed by atoms with Gasteiger partial charge in [-0.05, 0) is 25.1 Å². The van der Waals surface area contributed by atoms with E-state index >= 15 is 0 Å². The number of amides is 1. The van der Waals surface area contributed by atoms with Crippen LogP contribution in [0, 0.1) is 6.92 Å². The average molecular weight is 333 g/mol. The van der Waals surface area contributed by atoms with Crippen LogP contribution in [0.15, 0.2) is 30.3 Å². The smallest absolute Gasteiger partial charge is 0.324 e. The number of nitrogens with one attached hydrogen (secondary N) is 1. The predicted octanol–water partition coefficient (Wildman–Crippen LogP) is 3.79. The van der Waals surface area contributed by atoms with Crippen molar-refractivity contribution in [3.63, 3.8) is 0 Å². The lowest BCUT2D eigenvalue weighted by Crippen LogP contribution is -2.22. The fourth-order valence-corrected chi connectivity index (χ4v) is 2.03. The fourth-order valence-electron chi connectivity index (χ4n) is 2.03. The molecule has 2 aromatic rings. The summed E-state index contributed by atoms with van der Waals surface area (Å²) in [7, 11) is 0. The number of carbonyl (C=O) groups excluding carboxylic acids is 1. The molecule has 4 nitrogen and oxygen atoms in total. The normalized spacial score (nSPS) is 11.8. The van der Waals surface area contributed by atoms with Crippen LogP contribution in [0.3, 0.4) is 0 Å². The zero-order chi connectivity index (χ0) is 17.2. The highest BCUT2D eigenvalue weighted by Crippen LogP contribution is 2.34. The molecule has 0 atom stereocenters. The largest absolute Gasteiger partial charge is 0.418 e. The Hall–Kier alpha value is -2.45. The SMILES string of the molecule is Cc1cc(C(F)F)n(CC(=O)Nc2ccccc2C(F)(F)F)n1. The molecule has 0 unspecified atom stereocenters. The fraction of sp³-hybridized carbons (Fsp3) is 0.286. The summed E-state index contributed by atoms with van der Waals surface area (Å²) in [4.78, 5) is 11.9. The van der Waals surface area contributed by atoms with Crippen molar-refractivity contribution in [1.82, 2.24) is 9.78 Å². The molecule has 0 saturated carbocycles.